The van der Waals surface area contributed by atoms with Crippen molar-refractivity contribution in [3.05, 3.63) is 71.3 Å². The molecular weight excluding hydrogens is 200 g/mol. The van der Waals surface area contributed by atoms with Crippen LogP contribution in [0.15, 0.2) is 54.6 Å². The summed E-state index contributed by atoms with van der Waals surface area (Å²) in [5.41, 5.74) is 3.00. The lowest BCUT2D eigenvalue weighted by Gasteiger charge is -2.11. The number of aliphatic hydroxyl groups is 1. The average molecular weight is 212 g/mol. The molecule has 0 spiro atoms. The van der Waals surface area contributed by atoms with Gasteiger partial charge in [0.15, 0.2) is 6.29 Å². The summed E-state index contributed by atoms with van der Waals surface area (Å²) in [5, 5.41) is 9.79. The molecule has 0 aromatic heterocycles. The highest BCUT2D eigenvalue weighted by Gasteiger charge is 2.30. The molecule has 16 heavy (non-hydrogen) atoms. The largest absolute Gasteiger partial charge is 0.364 e. The van der Waals surface area contributed by atoms with Gasteiger partial charge in [-0.1, -0.05) is 54.6 Å². The Morgan fingerprint density at radius 3 is 2.19 bits per heavy atom. The summed E-state index contributed by atoms with van der Waals surface area (Å²) in [6, 6.07) is 17.7. The fourth-order valence-electron chi connectivity index (χ4n) is 2.14. The van der Waals surface area contributed by atoms with Gasteiger partial charge in [0.25, 0.3) is 0 Å². The Morgan fingerprint density at radius 1 is 0.812 bits per heavy atom. The zero-order chi connectivity index (χ0) is 11.0. The molecule has 80 valence electrons. The van der Waals surface area contributed by atoms with E-state index in [1.165, 1.54) is 0 Å². The minimum absolute atomic E-state index is 0.146. The summed E-state index contributed by atoms with van der Waals surface area (Å²) in [6.07, 6.45) is -0.950. The molecule has 0 radical (unpaired) electrons. The third-order valence-electron chi connectivity index (χ3n) is 2.91. The average Bonchev–Trinajstić information content (AvgIpc) is 2.69. The molecule has 0 fully saturated rings. The summed E-state index contributed by atoms with van der Waals surface area (Å²) in [5.74, 6) is 0. The maximum atomic E-state index is 9.79. The lowest BCUT2D eigenvalue weighted by molar-refractivity contribution is -0.109. The summed E-state index contributed by atoms with van der Waals surface area (Å²) < 4.78 is 5.57. The van der Waals surface area contributed by atoms with Gasteiger partial charge in [-0.15, -0.1) is 0 Å². The topological polar surface area (TPSA) is 29.5 Å². The summed E-state index contributed by atoms with van der Waals surface area (Å²) in [6.45, 7) is 0. The van der Waals surface area contributed by atoms with Crippen molar-refractivity contribution in [1.29, 1.82) is 0 Å². The van der Waals surface area contributed by atoms with E-state index < -0.39 is 6.29 Å². The van der Waals surface area contributed by atoms with Crippen LogP contribution in [0.1, 0.15) is 29.1 Å². The van der Waals surface area contributed by atoms with Crippen LogP contribution in [0.2, 0.25) is 0 Å². The number of hydrogen-bond donors (Lipinski definition) is 1. The van der Waals surface area contributed by atoms with E-state index in [-0.39, 0.29) is 6.10 Å². The van der Waals surface area contributed by atoms with Crippen molar-refractivity contribution >= 4 is 0 Å². The first-order valence-corrected chi connectivity index (χ1v) is 5.33. The van der Waals surface area contributed by atoms with Crippen LogP contribution in [0.4, 0.5) is 0 Å². The van der Waals surface area contributed by atoms with Crippen LogP contribution in [0, 0.1) is 0 Å². The second-order valence-corrected chi connectivity index (χ2v) is 3.91. The molecule has 0 aliphatic carbocycles. The van der Waals surface area contributed by atoms with Gasteiger partial charge in [0, 0.05) is 5.56 Å². The quantitative estimate of drug-likeness (QED) is 0.787. The van der Waals surface area contributed by atoms with Crippen molar-refractivity contribution in [2.24, 2.45) is 0 Å². The summed E-state index contributed by atoms with van der Waals surface area (Å²) in [7, 11) is 0. The Bertz CT molecular complexity index is 493. The third-order valence-corrected chi connectivity index (χ3v) is 2.91. The van der Waals surface area contributed by atoms with E-state index in [0.717, 1.165) is 16.7 Å². The molecule has 2 nitrogen and oxygen atoms in total. The predicted octanol–water partition coefficient (Wildman–Crippen LogP) is 2.80. The number of hydrogen-bond acceptors (Lipinski definition) is 2. The maximum Gasteiger partial charge on any atom is 0.182 e. The lowest BCUT2D eigenvalue weighted by Crippen LogP contribution is -1.99. The Kier molecular flexibility index (Phi) is 2.24. The predicted molar refractivity (Wildman–Crippen MR) is 60.8 cm³/mol. The number of rotatable bonds is 1. The Morgan fingerprint density at radius 2 is 1.44 bits per heavy atom. The van der Waals surface area contributed by atoms with Crippen molar-refractivity contribution < 1.29 is 9.84 Å². The zero-order valence-electron chi connectivity index (χ0n) is 8.71. The van der Waals surface area contributed by atoms with Crippen LogP contribution in [-0.2, 0) is 4.74 Å². The van der Waals surface area contributed by atoms with E-state index in [2.05, 4.69) is 0 Å². The summed E-state index contributed by atoms with van der Waals surface area (Å²) in [4.78, 5) is 0. The van der Waals surface area contributed by atoms with E-state index in [4.69, 9.17) is 4.74 Å². The molecule has 1 aliphatic rings. The summed E-state index contributed by atoms with van der Waals surface area (Å²) >= 11 is 0. The molecule has 1 heterocycles. The molecule has 0 amide bonds. The highest BCUT2D eigenvalue weighted by Crippen LogP contribution is 2.40. The van der Waals surface area contributed by atoms with E-state index in [1.807, 2.05) is 54.6 Å². The Labute approximate surface area is 94.1 Å². The minimum Gasteiger partial charge on any atom is -0.364 e. The minimum atomic E-state index is -0.804. The van der Waals surface area contributed by atoms with E-state index >= 15 is 0 Å². The molecule has 2 aromatic rings. The fourth-order valence-corrected chi connectivity index (χ4v) is 2.14. The molecule has 2 aromatic carbocycles. The second kappa shape index (κ2) is 3.74. The molecule has 0 unspecified atom stereocenters. The number of fused-ring (bicyclic) bond motifs is 1. The van der Waals surface area contributed by atoms with Gasteiger partial charge >= 0.3 is 0 Å². The molecule has 0 saturated carbocycles. The SMILES string of the molecule is O[C@H]1O[C@H](c2ccccc2)c2ccccc21. The lowest BCUT2D eigenvalue weighted by atomic mass is 9.99. The van der Waals surface area contributed by atoms with Crippen LogP contribution in [0.5, 0.6) is 0 Å². The van der Waals surface area contributed by atoms with E-state index in [1.54, 1.807) is 0 Å². The van der Waals surface area contributed by atoms with Crippen LogP contribution < -0.4 is 0 Å². The molecule has 2 atom stereocenters. The van der Waals surface area contributed by atoms with Gasteiger partial charge in [0.2, 0.25) is 0 Å². The van der Waals surface area contributed by atoms with Gasteiger partial charge in [0.05, 0.1) is 0 Å². The second-order valence-electron chi connectivity index (χ2n) is 3.91. The number of aliphatic hydroxyl groups excluding tert-OH is 1. The monoisotopic (exact) mass is 212 g/mol. The van der Waals surface area contributed by atoms with Crippen molar-refractivity contribution in [1.82, 2.24) is 0 Å². The zero-order valence-corrected chi connectivity index (χ0v) is 8.71. The smallest absolute Gasteiger partial charge is 0.182 e. The molecule has 1 N–H and O–H groups in total. The van der Waals surface area contributed by atoms with Crippen molar-refractivity contribution in [3.63, 3.8) is 0 Å². The third kappa shape index (κ3) is 1.43. The fraction of sp³-hybridized carbons (Fsp3) is 0.143. The molecule has 2 heteroatoms. The van der Waals surface area contributed by atoms with Crippen LogP contribution in [-0.4, -0.2) is 5.11 Å². The van der Waals surface area contributed by atoms with Crippen molar-refractivity contribution in [2.75, 3.05) is 0 Å². The Balaban J connectivity index is 2.07. The van der Waals surface area contributed by atoms with Crippen molar-refractivity contribution in [2.45, 2.75) is 12.4 Å². The van der Waals surface area contributed by atoms with Gasteiger partial charge in [-0.05, 0) is 11.1 Å². The maximum absolute atomic E-state index is 9.79. The van der Waals surface area contributed by atoms with Gasteiger partial charge in [-0.25, -0.2) is 0 Å². The molecule has 0 saturated heterocycles. The first-order valence-electron chi connectivity index (χ1n) is 5.33. The van der Waals surface area contributed by atoms with Gasteiger partial charge < -0.3 is 9.84 Å². The number of ether oxygens (including phenoxy) is 1. The van der Waals surface area contributed by atoms with Gasteiger partial charge in [-0.2, -0.15) is 0 Å². The molecule has 1 aliphatic heterocycles. The van der Waals surface area contributed by atoms with Crippen molar-refractivity contribution in [3.8, 4) is 0 Å². The Hall–Kier alpha value is -1.64. The van der Waals surface area contributed by atoms with Gasteiger partial charge in [-0.3, -0.25) is 0 Å². The highest BCUT2D eigenvalue weighted by molar-refractivity contribution is 5.39. The first-order chi connectivity index (χ1) is 7.86. The van der Waals surface area contributed by atoms with Crippen LogP contribution in [0.25, 0.3) is 0 Å². The number of benzene rings is 2. The molecular formula is C14H12O2. The van der Waals surface area contributed by atoms with Gasteiger partial charge in [0.1, 0.15) is 6.10 Å². The molecule has 3 rings (SSSR count). The van der Waals surface area contributed by atoms with E-state index in [9.17, 15) is 5.11 Å². The first kappa shape index (κ1) is 9.58. The van der Waals surface area contributed by atoms with Crippen LogP contribution in [0.3, 0.4) is 0 Å². The van der Waals surface area contributed by atoms with E-state index in [0.29, 0.717) is 0 Å². The standard InChI is InChI=1S/C14H12O2/c15-14-12-9-5-4-8-11(12)13(16-14)10-6-2-1-3-7-10/h1-9,13-15H/t13-,14+/m1/s1. The molecule has 0 bridgehead atoms. The highest BCUT2D eigenvalue weighted by atomic mass is 16.6. The normalized spacial score (nSPS) is 23.1. The van der Waals surface area contributed by atoms with Crippen LogP contribution >= 0.6 is 0 Å².